The van der Waals surface area contributed by atoms with Crippen molar-refractivity contribution in [3.05, 3.63) is 75.2 Å². The van der Waals surface area contributed by atoms with Crippen LogP contribution in [0.25, 0.3) is 5.69 Å². The zero-order chi connectivity index (χ0) is 20.9. The highest BCUT2D eigenvalue weighted by Gasteiger charge is 2.16. The fourth-order valence-electron chi connectivity index (χ4n) is 3.85. The smallest absolute Gasteiger partial charge is 0.353 e. The minimum absolute atomic E-state index is 0.228. The lowest BCUT2D eigenvalue weighted by Gasteiger charge is -2.16. The Morgan fingerprint density at radius 2 is 1.93 bits per heavy atom. The van der Waals surface area contributed by atoms with Gasteiger partial charge in [0, 0.05) is 25.2 Å². The topological polar surface area (TPSA) is 70.6 Å². The third-order valence-corrected chi connectivity index (χ3v) is 5.42. The monoisotopic (exact) mass is 406 g/mol. The van der Waals surface area contributed by atoms with Crippen LogP contribution in [0.2, 0.25) is 0 Å². The molecular formula is C23H26N4O3. The van der Waals surface area contributed by atoms with Gasteiger partial charge in [0.1, 0.15) is 6.61 Å². The summed E-state index contributed by atoms with van der Waals surface area (Å²) in [6.07, 6.45) is 7.44. The van der Waals surface area contributed by atoms with E-state index in [1.807, 2.05) is 24.3 Å². The number of benzene rings is 2. The second-order valence-electron chi connectivity index (χ2n) is 7.43. The van der Waals surface area contributed by atoms with E-state index in [1.54, 1.807) is 13.3 Å². The number of fused-ring (bicyclic) bond motifs is 1. The van der Waals surface area contributed by atoms with Gasteiger partial charge < -0.3 is 9.57 Å². The molecule has 0 amide bonds. The third kappa shape index (κ3) is 4.15. The summed E-state index contributed by atoms with van der Waals surface area (Å²) in [7, 11) is 3.08. The van der Waals surface area contributed by atoms with Crippen molar-refractivity contribution in [2.45, 2.75) is 38.7 Å². The second-order valence-corrected chi connectivity index (χ2v) is 7.43. The van der Waals surface area contributed by atoms with Crippen LogP contribution in [0.5, 0.6) is 6.01 Å². The molecule has 7 heteroatoms. The Balaban J connectivity index is 1.42. The average molecular weight is 406 g/mol. The number of para-hydroxylation sites is 1. The van der Waals surface area contributed by atoms with Gasteiger partial charge in [0.05, 0.1) is 12.8 Å². The predicted molar refractivity (Wildman–Crippen MR) is 115 cm³/mol. The zero-order valence-corrected chi connectivity index (χ0v) is 17.4. The van der Waals surface area contributed by atoms with Crippen molar-refractivity contribution in [2.24, 2.45) is 12.2 Å². The number of aryl methyl sites for hydroxylation is 3. The molecule has 0 spiro atoms. The van der Waals surface area contributed by atoms with Crippen molar-refractivity contribution in [1.29, 1.82) is 0 Å². The molecule has 0 saturated heterocycles. The third-order valence-electron chi connectivity index (χ3n) is 5.42. The molecule has 0 atom stereocenters. The van der Waals surface area contributed by atoms with Crippen LogP contribution in [-0.2, 0) is 37.8 Å². The van der Waals surface area contributed by atoms with Gasteiger partial charge in [-0.15, -0.1) is 5.10 Å². The zero-order valence-electron chi connectivity index (χ0n) is 17.4. The molecule has 1 heterocycles. The van der Waals surface area contributed by atoms with E-state index in [4.69, 9.17) is 9.57 Å². The molecule has 0 bridgehead atoms. The number of hydrogen-bond acceptors (Lipinski definition) is 5. The Kier molecular flexibility index (Phi) is 5.97. The molecule has 1 aromatic heterocycles. The lowest BCUT2D eigenvalue weighted by Crippen LogP contribution is -2.22. The molecule has 7 nitrogen and oxygen atoms in total. The van der Waals surface area contributed by atoms with Crippen LogP contribution in [0, 0.1) is 0 Å². The van der Waals surface area contributed by atoms with Crippen molar-refractivity contribution in [3.8, 4) is 11.7 Å². The van der Waals surface area contributed by atoms with E-state index in [0.29, 0.717) is 5.69 Å². The van der Waals surface area contributed by atoms with Crippen molar-refractivity contribution < 1.29 is 9.57 Å². The van der Waals surface area contributed by atoms with Crippen LogP contribution in [0.1, 0.15) is 35.1 Å². The fraction of sp³-hybridized carbons (Fsp3) is 0.348. The van der Waals surface area contributed by atoms with Gasteiger partial charge in [0.25, 0.3) is 0 Å². The van der Waals surface area contributed by atoms with Gasteiger partial charge in [0.15, 0.2) is 0 Å². The van der Waals surface area contributed by atoms with Gasteiger partial charge in [-0.1, -0.05) is 41.6 Å². The van der Waals surface area contributed by atoms with E-state index >= 15 is 0 Å². The Morgan fingerprint density at radius 1 is 1.13 bits per heavy atom. The molecule has 2 aromatic carbocycles. The number of rotatable bonds is 7. The SMILES string of the molecule is COc1nn(C)c(=O)n1-c1ccccc1CON=CCc1ccc2c(c1)CCCC2. The first kappa shape index (κ1) is 19.9. The van der Waals surface area contributed by atoms with E-state index in [-0.39, 0.29) is 18.3 Å². The Bertz CT molecular complexity index is 1110. The number of hydrogen-bond donors (Lipinski definition) is 0. The molecule has 156 valence electrons. The maximum atomic E-state index is 12.4. The first-order valence-electron chi connectivity index (χ1n) is 10.2. The number of ether oxygens (including phenoxy) is 1. The van der Waals surface area contributed by atoms with Crippen LogP contribution < -0.4 is 10.4 Å². The largest absolute Gasteiger partial charge is 0.467 e. The maximum absolute atomic E-state index is 12.4. The molecule has 0 saturated carbocycles. The highest BCUT2D eigenvalue weighted by atomic mass is 16.6. The molecule has 0 unspecified atom stereocenters. The molecule has 0 aliphatic heterocycles. The molecule has 3 aromatic rings. The normalized spacial score (nSPS) is 13.4. The molecule has 30 heavy (non-hydrogen) atoms. The highest BCUT2D eigenvalue weighted by molar-refractivity contribution is 5.61. The minimum atomic E-state index is -0.282. The summed E-state index contributed by atoms with van der Waals surface area (Å²) >= 11 is 0. The van der Waals surface area contributed by atoms with Crippen LogP contribution in [0.3, 0.4) is 0 Å². The van der Waals surface area contributed by atoms with Gasteiger partial charge in [-0.05, 0) is 48.4 Å². The summed E-state index contributed by atoms with van der Waals surface area (Å²) in [5, 5.41) is 8.21. The summed E-state index contributed by atoms with van der Waals surface area (Å²) in [6.45, 7) is 0.237. The molecule has 0 fully saturated rings. The number of nitrogens with zero attached hydrogens (tertiary/aromatic N) is 4. The molecule has 0 N–H and O–H groups in total. The average Bonchev–Trinajstić information content (AvgIpc) is 3.07. The lowest BCUT2D eigenvalue weighted by molar-refractivity contribution is 0.131. The summed E-state index contributed by atoms with van der Waals surface area (Å²) in [4.78, 5) is 18.0. The quantitative estimate of drug-likeness (QED) is 0.446. The second kappa shape index (κ2) is 8.98. The van der Waals surface area contributed by atoms with E-state index in [2.05, 4.69) is 28.5 Å². The van der Waals surface area contributed by atoms with E-state index in [1.165, 1.54) is 58.7 Å². The fourth-order valence-corrected chi connectivity index (χ4v) is 3.85. The number of oxime groups is 1. The lowest BCUT2D eigenvalue weighted by atomic mass is 9.90. The summed E-state index contributed by atoms with van der Waals surface area (Å²) < 4.78 is 7.92. The van der Waals surface area contributed by atoms with Crippen LogP contribution >= 0.6 is 0 Å². The van der Waals surface area contributed by atoms with Crippen molar-refractivity contribution in [1.82, 2.24) is 14.3 Å². The van der Waals surface area contributed by atoms with E-state index in [9.17, 15) is 4.79 Å². The van der Waals surface area contributed by atoms with Gasteiger partial charge in [-0.25, -0.2) is 14.0 Å². The molecule has 4 rings (SSSR count). The summed E-state index contributed by atoms with van der Waals surface area (Å²) in [6, 6.07) is 14.4. The van der Waals surface area contributed by atoms with Gasteiger partial charge in [-0.3, -0.25) is 0 Å². The standard InChI is InChI=1S/C23H26N4O3/c1-26-23(28)27(22(25-26)29-2)21-10-6-5-9-20(21)16-30-24-14-13-17-11-12-18-7-3-4-8-19(18)15-17/h5-6,9-12,14-15H,3-4,7-8,13,16H2,1-2H3. The molecule has 1 aliphatic carbocycles. The minimum Gasteiger partial charge on any atom is -0.467 e. The summed E-state index contributed by atoms with van der Waals surface area (Å²) in [5.74, 6) is 0. The van der Waals surface area contributed by atoms with Crippen LogP contribution in [-0.4, -0.2) is 27.7 Å². The summed E-state index contributed by atoms with van der Waals surface area (Å²) in [5.41, 5.74) is 5.40. The van der Waals surface area contributed by atoms with Crippen LogP contribution in [0.15, 0.2) is 52.4 Å². The van der Waals surface area contributed by atoms with Gasteiger partial charge in [-0.2, -0.15) is 0 Å². The molecule has 1 aliphatic rings. The highest BCUT2D eigenvalue weighted by Crippen LogP contribution is 2.22. The number of aromatic nitrogens is 3. The Hall–Kier alpha value is -3.35. The van der Waals surface area contributed by atoms with Crippen molar-refractivity contribution in [3.63, 3.8) is 0 Å². The van der Waals surface area contributed by atoms with Crippen molar-refractivity contribution in [2.75, 3.05) is 7.11 Å². The van der Waals surface area contributed by atoms with Gasteiger partial charge >= 0.3 is 11.7 Å². The molecule has 0 radical (unpaired) electrons. The van der Waals surface area contributed by atoms with E-state index in [0.717, 1.165) is 12.0 Å². The first-order chi connectivity index (χ1) is 14.7. The Morgan fingerprint density at radius 3 is 2.77 bits per heavy atom. The van der Waals surface area contributed by atoms with Crippen LogP contribution in [0.4, 0.5) is 0 Å². The van der Waals surface area contributed by atoms with Crippen molar-refractivity contribution >= 4 is 6.21 Å². The predicted octanol–water partition coefficient (Wildman–Crippen LogP) is 3.20. The molecular weight excluding hydrogens is 380 g/mol. The maximum Gasteiger partial charge on any atom is 0.353 e. The Labute approximate surface area is 175 Å². The van der Waals surface area contributed by atoms with E-state index < -0.39 is 0 Å². The van der Waals surface area contributed by atoms with Gasteiger partial charge in [0.2, 0.25) is 0 Å². The first-order valence-corrected chi connectivity index (χ1v) is 10.2. The number of methoxy groups -OCH3 is 1.